The van der Waals surface area contributed by atoms with Gasteiger partial charge in [-0.1, -0.05) is 18.2 Å². The first kappa shape index (κ1) is 12.6. The summed E-state index contributed by atoms with van der Waals surface area (Å²) in [6, 6.07) is 6.91. The zero-order chi connectivity index (χ0) is 12.4. The first-order valence-corrected chi connectivity index (χ1v) is 6.60. The van der Waals surface area contributed by atoms with Crippen LogP contribution >= 0.6 is 0 Å². The topological polar surface area (TPSA) is 29.3 Å². The summed E-state index contributed by atoms with van der Waals surface area (Å²) in [5.41, 5.74) is 10.1. The van der Waals surface area contributed by atoms with Gasteiger partial charge in [-0.15, -0.1) is 0 Å². The van der Waals surface area contributed by atoms with Crippen molar-refractivity contribution in [3.8, 4) is 0 Å². The summed E-state index contributed by atoms with van der Waals surface area (Å²) < 4.78 is 0. The molecule has 1 aliphatic rings. The second-order valence-electron chi connectivity index (χ2n) is 5.42. The lowest BCUT2D eigenvalue weighted by Crippen LogP contribution is -2.32. The minimum Gasteiger partial charge on any atom is -0.329 e. The zero-order valence-corrected chi connectivity index (χ0v) is 11.2. The first-order valence-electron chi connectivity index (χ1n) is 6.60. The van der Waals surface area contributed by atoms with Crippen LogP contribution in [0.3, 0.4) is 0 Å². The van der Waals surface area contributed by atoms with E-state index in [2.05, 4.69) is 44.0 Å². The van der Waals surface area contributed by atoms with Crippen molar-refractivity contribution in [3.05, 3.63) is 34.9 Å². The fourth-order valence-electron chi connectivity index (χ4n) is 2.51. The summed E-state index contributed by atoms with van der Waals surface area (Å²) in [5, 5.41) is 0. The molecule has 1 aliphatic carbocycles. The Labute approximate surface area is 105 Å². The van der Waals surface area contributed by atoms with Crippen molar-refractivity contribution < 1.29 is 0 Å². The van der Waals surface area contributed by atoms with E-state index in [4.69, 9.17) is 5.73 Å². The predicted octanol–water partition coefficient (Wildman–Crippen LogP) is 2.65. The number of rotatable bonds is 5. The van der Waals surface area contributed by atoms with E-state index in [1.807, 2.05) is 0 Å². The SMILES string of the molecule is Cc1cccc(C(CN)N(C)CC2CC2)c1C. The lowest BCUT2D eigenvalue weighted by molar-refractivity contribution is 0.239. The van der Waals surface area contributed by atoms with Gasteiger partial charge in [-0.3, -0.25) is 4.90 Å². The van der Waals surface area contributed by atoms with Crippen molar-refractivity contribution in [1.82, 2.24) is 4.90 Å². The maximum atomic E-state index is 5.98. The highest BCUT2D eigenvalue weighted by Crippen LogP contribution is 2.32. The second-order valence-corrected chi connectivity index (χ2v) is 5.42. The van der Waals surface area contributed by atoms with Crippen molar-refractivity contribution in [2.45, 2.75) is 32.7 Å². The van der Waals surface area contributed by atoms with Crippen LogP contribution in [0.15, 0.2) is 18.2 Å². The van der Waals surface area contributed by atoms with Crippen molar-refractivity contribution in [2.24, 2.45) is 11.7 Å². The van der Waals surface area contributed by atoms with Gasteiger partial charge >= 0.3 is 0 Å². The molecule has 0 bridgehead atoms. The Morgan fingerprint density at radius 3 is 2.65 bits per heavy atom. The van der Waals surface area contributed by atoms with Gasteiger partial charge in [0.25, 0.3) is 0 Å². The van der Waals surface area contributed by atoms with Crippen LogP contribution in [0.1, 0.15) is 35.6 Å². The molecular formula is C15H24N2. The van der Waals surface area contributed by atoms with E-state index < -0.39 is 0 Å². The highest BCUT2D eigenvalue weighted by molar-refractivity contribution is 5.35. The first-order chi connectivity index (χ1) is 8.13. The third kappa shape index (κ3) is 2.88. The molecule has 2 nitrogen and oxygen atoms in total. The monoisotopic (exact) mass is 232 g/mol. The molecule has 1 fully saturated rings. The number of hydrogen-bond donors (Lipinski definition) is 1. The molecule has 1 saturated carbocycles. The normalized spacial score (nSPS) is 17.5. The molecule has 2 rings (SSSR count). The number of nitrogens with two attached hydrogens (primary N) is 1. The van der Waals surface area contributed by atoms with E-state index in [9.17, 15) is 0 Å². The van der Waals surface area contributed by atoms with Gasteiger partial charge in [-0.2, -0.15) is 0 Å². The average Bonchev–Trinajstić information content (AvgIpc) is 3.09. The smallest absolute Gasteiger partial charge is 0.0470 e. The molecule has 0 aromatic heterocycles. The quantitative estimate of drug-likeness (QED) is 0.845. The number of benzene rings is 1. The fraction of sp³-hybridized carbons (Fsp3) is 0.600. The van der Waals surface area contributed by atoms with Crippen LogP contribution in [0.4, 0.5) is 0 Å². The molecule has 0 heterocycles. The van der Waals surface area contributed by atoms with Gasteiger partial charge in [0.15, 0.2) is 0 Å². The standard InChI is InChI=1S/C15H24N2/c1-11-5-4-6-14(12(11)2)15(9-16)17(3)10-13-7-8-13/h4-6,13,15H,7-10,16H2,1-3H3. The molecular weight excluding hydrogens is 208 g/mol. The fourth-order valence-corrected chi connectivity index (χ4v) is 2.51. The molecule has 0 radical (unpaired) electrons. The van der Waals surface area contributed by atoms with Crippen LogP contribution in [0, 0.1) is 19.8 Å². The van der Waals surface area contributed by atoms with Crippen LogP contribution in [0.5, 0.6) is 0 Å². The Hall–Kier alpha value is -0.860. The Kier molecular flexibility index (Phi) is 3.85. The molecule has 0 spiro atoms. The summed E-state index contributed by atoms with van der Waals surface area (Å²) in [4.78, 5) is 2.43. The van der Waals surface area contributed by atoms with Crippen LogP contribution < -0.4 is 5.73 Å². The van der Waals surface area contributed by atoms with Crippen molar-refractivity contribution in [3.63, 3.8) is 0 Å². The van der Waals surface area contributed by atoms with Crippen molar-refractivity contribution in [2.75, 3.05) is 20.1 Å². The van der Waals surface area contributed by atoms with E-state index in [1.54, 1.807) is 0 Å². The average molecular weight is 232 g/mol. The third-order valence-electron chi connectivity index (χ3n) is 4.00. The van der Waals surface area contributed by atoms with E-state index in [-0.39, 0.29) is 0 Å². The molecule has 1 aromatic carbocycles. The molecule has 1 aromatic rings. The summed E-state index contributed by atoms with van der Waals surface area (Å²) in [6.07, 6.45) is 2.79. The largest absolute Gasteiger partial charge is 0.329 e. The van der Waals surface area contributed by atoms with Crippen molar-refractivity contribution >= 4 is 0 Å². The highest BCUT2D eigenvalue weighted by atomic mass is 15.1. The molecule has 0 aliphatic heterocycles. The number of aryl methyl sites for hydroxylation is 1. The maximum absolute atomic E-state index is 5.98. The Bertz CT molecular complexity index is 383. The van der Waals surface area contributed by atoms with Gasteiger partial charge in [0, 0.05) is 19.1 Å². The minimum absolute atomic E-state index is 0.371. The molecule has 1 atom stereocenters. The van der Waals surface area contributed by atoms with Crippen LogP contribution in [0.2, 0.25) is 0 Å². The van der Waals surface area contributed by atoms with E-state index in [1.165, 1.54) is 36.1 Å². The summed E-state index contributed by atoms with van der Waals surface area (Å²) >= 11 is 0. The second kappa shape index (κ2) is 5.19. The predicted molar refractivity (Wildman–Crippen MR) is 73.1 cm³/mol. The van der Waals surface area contributed by atoms with Crippen LogP contribution in [-0.2, 0) is 0 Å². The van der Waals surface area contributed by atoms with Crippen molar-refractivity contribution in [1.29, 1.82) is 0 Å². The molecule has 17 heavy (non-hydrogen) atoms. The molecule has 0 amide bonds. The Balaban J connectivity index is 2.17. The molecule has 2 N–H and O–H groups in total. The van der Waals surface area contributed by atoms with Gasteiger partial charge in [-0.05, 0) is 56.3 Å². The number of likely N-dealkylation sites (N-methyl/N-ethyl adjacent to an activating group) is 1. The summed E-state index contributed by atoms with van der Waals surface area (Å²) in [7, 11) is 2.21. The third-order valence-corrected chi connectivity index (χ3v) is 4.00. The Morgan fingerprint density at radius 1 is 1.35 bits per heavy atom. The van der Waals surface area contributed by atoms with E-state index >= 15 is 0 Å². The molecule has 2 heteroatoms. The van der Waals surface area contributed by atoms with Crippen LogP contribution in [0.25, 0.3) is 0 Å². The highest BCUT2D eigenvalue weighted by Gasteiger charge is 2.26. The van der Waals surface area contributed by atoms with E-state index in [0.717, 1.165) is 5.92 Å². The van der Waals surface area contributed by atoms with Crippen LogP contribution in [-0.4, -0.2) is 25.0 Å². The van der Waals surface area contributed by atoms with Gasteiger partial charge in [0.05, 0.1) is 0 Å². The van der Waals surface area contributed by atoms with Gasteiger partial charge in [0.2, 0.25) is 0 Å². The van der Waals surface area contributed by atoms with E-state index in [0.29, 0.717) is 12.6 Å². The minimum atomic E-state index is 0.371. The van der Waals surface area contributed by atoms with Gasteiger partial charge in [-0.25, -0.2) is 0 Å². The summed E-state index contributed by atoms with van der Waals surface area (Å²) in [6.45, 7) is 6.27. The number of hydrogen-bond acceptors (Lipinski definition) is 2. The lowest BCUT2D eigenvalue weighted by Gasteiger charge is -2.29. The maximum Gasteiger partial charge on any atom is 0.0470 e. The zero-order valence-electron chi connectivity index (χ0n) is 11.2. The van der Waals surface area contributed by atoms with Gasteiger partial charge in [0.1, 0.15) is 0 Å². The Morgan fingerprint density at radius 2 is 2.06 bits per heavy atom. The lowest BCUT2D eigenvalue weighted by atomic mass is 9.96. The molecule has 1 unspecified atom stereocenters. The molecule has 94 valence electrons. The van der Waals surface area contributed by atoms with Gasteiger partial charge < -0.3 is 5.73 Å². The number of nitrogens with zero attached hydrogens (tertiary/aromatic N) is 1. The summed E-state index contributed by atoms with van der Waals surface area (Å²) in [5.74, 6) is 0.916. The molecule has 0 saturated heterocycles.